The summed E-state index contributed by atoms with van der Waals surface area (Å²) in [5.41, 5.74) is 1.95. The van der Waals surface area contributed by atoms with E-state index in [1.807, 2.05) is 31.2 Å². The number of carbonyl (C=O) groups is 2. The van der Waals surface area contributed by atoms with E-state index in [4.69, 9.17) is 4.74 Å². The number of ether oxygens (including phenoxy) is 1. The third kappa shape index (κ3) is 4.85. The van der Waals surface area contributed by atoms with Crippen molar-refractivity contribution in [2.24, 2.45) is 0 Å². The van der Waals surface area contributed by atoms with Crippen molar-refractivity contribution in [3.05, 3.63) is 70.8 Å². The van der Waals surface area contributed by atoms with Gasteiger partial charge >= 0.3 is 0 Å². The number of aliphatic hydroxyl groups is 1. The van der Waals surface area contributed by atoms with Gasteiger partial charge in [0.1, 0.15) is 5.76 Å². The van der Waals surface area contributed by atoms with Gasteiger partial charge in [-0.2, -0.15) is 0 Å². The third-order valence-corrected chi connectivity index (χ3v) is 7.42. The molecular formula is C24H28N2O6S. The molecule has 0 spiro atoms. The SMILES string of the molecule is COCCCN1C(=O)C(=O)/C(=C(/O)c2ccc(S(=O)(=O)N(C)C)cc2)C1c1ccc(C)cc1. The predicted molar refractivity (Wildman–Crippen MR) is 124 cm³/mol. The van der Waals surface area contributed by atoms with Crippen LogP contribution in [0.2, 0.25) is 0 Å². The molecule has 1 fully saturated rings. The molecular weight excluding hydrogens is 444 g/mol. The van der Waals surface area contributed by atoms with Gasteiger partial charge in [0.15, 0.2) is 0 Å². The Bertz CT molecular complexity index is 1170. The van der Waals surface area contributed by atoms with E-state index in [-0.39, 0.29) is 28.3 Å². The summed E-state index contributed by atoms with van der Waals surface area (Å²) in [7, 11) is 0.771. The van der Waals surface area contributed by atoms with Crippen LogP contribution in [0, 0.1) is 6.92 Å². The van der Waals surface area contributed by atoms with E-state index in [0.29, 0.717) is 18.6 Å². The number of likely N-dealkylation sites (tertiary alicyclic amines) is 1. The van der Waals surface area contributed by atoms with E-state index in [9.17, 15) is 23.1 Å². The molecule has 9 heteroatoms. The number of Topliss-reactive ketones (excluding diaryl/α,β-unsaturated/α-hetero) is 1. The number of carbonyl (C=O) groups excluding carboxylic acids is 2. The molecule has 0 saturated carbocycles. The van der Waals surface area contributed by atoms with Gasteiger partial charge in [0.05, 0.1) is 16.5 Å². The monoisotopic (exact) mass is 472 g/mol. The molecule has 0 bridgehead atoms. The summed E-state index contributed by atoms with van der Waals surface area (Å²) >= 11 is 0. The van der Waals surface area contributed by atoms with Crippen LogP contribution in [-0.2, 0) is 24.3 Å². The first kappa shape index (κ1) is 24.6. The summed E-state index contributed by atoms with van der Waals surface area (Å²) in [4.78, 5) is 27.4. The average molecular weight is 473 g/mol. The predicted octanol–water partition coefficient (Wildman–Crippen LogP) is 2.70. The smallest absolute Gasteiger partial charge is 0.295 e. The van der Waals surface area contributed by atoms with Crippen molar-refractivity contribution >= 4 is 27.5 Å². The average Bonchev–Trinajstić information content (AvgIpc) is 3.04. The lowest BCUT2D eigenvalue weighted by Gasteiger charge is -2.25. The number of benzene rings is 2. The van der Waals surface area contributed by atoms with Gasteiger partial charge in [0, 0.05) is 39.9 Å². The van der Waals surface area contributed by atoms with Crippen LogP contribution in [-0.4, -0.2) is 68.8 Å². The van der Waals surface area contributed by atoms with Crippen molar-refractivity contribution in [1.82, 2.24) is 9.21 Å². The van der Waals surface area contributed by atoms with E-state index in [1.54, 1.807) is 7.11 Å². The summed E-state index contributed by atoms with van der Waals surface area (Å²) in [6, 6.07) is 12.2. The van der Waals surface area contributed by atoms with Crippen LogP contribution in [0.3, 0.4) is 0 Å². The number of sulfonamides is 1. The Labute approximate surface area is 194 Å². The fourth-order valence-corrected chi connectivity index (χ4v) is 4.64. The summed E-state index contributed by atoms with van der Waals surface area (Å²) in [5.74, 6) is -1.81. The van der Waals surface area contributed by atoms with Crippen LogP contribution < -0.4 is 0 Å². The Kier molecular flexibility index (Phi) is 7.36. The molecule has 1 unspecified atom stereocenters. The molecule has 1 aliphatic rings. The van der Waals surface area contributed by atoms with Crippen LogP contribution in [0.5, 0.6) is 0 Å². The van der Waals surface area contributed by atoms with Gasteiger partial charge in [0.25, 0.3) is 11.7 Å². The van der Waals surface area contributed by atoms with Gasteiger partial charge in [-0.1, -0.05) is 29.8 Å². The van der Waals surface area contributed by atoms with E-state index >= 15 is 0 Å². The molecule has 2 aromatic rings. The lowest BCUT2D eigenvalue weighted by Crippen LogP contribution is -2.31. The molecule has 1 atom stereocenters. The number of ketones is 1. The Morgan fingerprint density at radius 2 is 1.67 bits per heavy atom. The molecule has 2 aromatic carbocycles. The van der Waals surface area contributed by atoms with Crippen molar-refractivity contribution in [1.29, 1.82) is 0 Å². The molecule has 1 saturated heterocycles. The lowest BCUT2D eigenvalue weighted by atomic mass is 9.94. The third-order valence-electron chi connectivity index (χ3n) is 5.59. The Morgan fingerprint density at radius 1 is 1.06 bits per heavy atom. The zero-order chi connectivity index (χ0) is 24.3. The summed E-state index contributed by atoms with van der Waals surface area (Å²) < 4.78 is 30.8. The molecule has 1 N–H and O–H groups in total. The van der Waals surface area contributed by atoms with Crippen LogP contribution in [0.15, 0.2) is 59.0 Å². The minimum Gasteiger partial charge on any atom is -0.507 e. The van der Waals surface area contributed by atoms with Gasteiger partial charge in [-0.15, -0.1) is 0 Å². The molecule has 1 aliphatic heterocycles. The highest BCUT2D eigenvalue weighted by molar-refractivity contribution is 7.89. The molecule has 1 amide bonds. The standard InChI is InChI=1S/C24H28N2O6S/c1-16-6-8-17(9-7-16)21-20(23(28)24(29)26(21)14-5-15-32-4)22(27)18-10-12-19(13-11-18)33(30,31)25(2)3/h6-13,21,27H,5,14-15H2,1-4H3/b22-20+. The number of amides is 1. The van der Waals surface area contributed by atoms with Crippen molar-refractivity contribution < 1.29 is 27.9 Å². The van der Waals surface area contributed by atoms with Gasteiger partial charge in [-0.3, -0.25) is 9.59 Å². The number of hydrogen-bond donors (Lipinski definition) is 1. The fraction of sp³-hybridized carbons (Fsp3) is 0.333. The summed E-state index contributed by atoms with van der Waals surface area (Å²) in [5, 5.41) is 11.1. The number of aliphatic hydroxyl groups excluding tert-OH is 1. The number of methoxy groups -OCH3 is 1. The molecule has 0 radical (unpaired) electrons. The minimum atomic E-state index is -3.64. The zero-order valence-corrected chi connectivity index (χ0v) is 19.9. The second kappa shape index (κ2) is 9.86. The van der Waals surface area contributed by atoms with E-state index < -0.39 is 27.8 Å². The molecule has 0 aliphatic carbocycles. The maximum Gasteiger partial charge on any atom is 0.295 e. The molecule has 176 valence electrons. The van der Waals surface area contributed by atoms with Crippen LogP contribution in [0.1, 0.15) is 29.2 Å². The Balaban J connectivity index is 2.09. The summed E-state index contributed by atoms with van der Waals surface area (Å²) in [6.45, 7) is 2.64. The second-order valence-electron chi connectivity index (χ2n) is 8.06. The highest BCUT2D eigenvalue weighted by atomic mass is 32.2. The maximum atomic E-state index is 13.0. The normalized spacial score (nSPS) is 18.3. The first-order valence-corrected chi connectivity index (χ1v) is 11.9. The quantitative estimate of drug-likeness (QED) is 0.274. The van der Waals surface area contributed by atoms with Gasteiger partial charge < -0.3 is 14.7 Å². The van der Waals surface area contributed by atoms with Crippen molar-refractivity contribution in [2.75, 3.05) is 34.4 Å². The lowest BCUT2D eigenvalue weighted by molar-refractivity contribution is -0.140. The fourth-order valence-electron chi connectivity index (χ4n) is 3.74. The van der Waals surface area contributed by atoms with Gasteiger partial charge in [-0.05, 0) is 43.2 Å². The Morgan fingerprint density at radius 3 is 2.21 bits per heavy atom. The molecule has 33 heavy (non-hydrogen) atoms. The minimum absolute atomic E-state index is 0.0236. The zero-order valence-electron chi connectivity index (χ0n) is 19.1. The molecule has 0 aromatic heterocycles. The first-order chi connectivity index (χ1) is 15.6. The number of aryl methyl sites for hydroxylation is 1. The van der Waals surface area contributed by atoms with Crippen LogP contribution in [0.4, 0.5) is 0 Å². The highest BCUT2D eigenvalue weighted by Crippen LogP contribution is 2.39. The second-order valence-corrected chi connectivity index (χ2v) is 10.2. The number of rotatable bonds is 8. The maximum absolute atomic E-state index is 13.0. The molecule has 3 rings (SSSR count). The highest BCUT2D eigenvalue weighted by Gasteiger charge is 2.45. The van der Waals surface area contributed by atoms with Gasteiger partial charge in [0.2, 0.25) is 10.0 Å². The van der Waals surface area contributed by atoms with E-state index in [1.165, 1.54) is 43.3 Å². The summed E-state index contributed by atoms with van der Waals surface area (Å²) in [6.07, 6.45) is 0.531. The van der Waals surface area contributed by atoms with E-state index in [0.717, 1.165) is 9.87 Å². The number of nitrogens with zero attached hydrogens (tertiary/aromatic N) is 2. The molecule has 8 nitrogen and oxygen atoms in total. The van der Waals surface area contributed by atoms with Crippen molar-refractivity contribution in [2.45, 2.75) is 24.3 Å². The van der Waals surface area contributed by atoms with E-state index in [2.05, 4.69) is 0 Å². The van der Waals surface area contributed by atoms with Crippen molar-refractivity contribution in [3.8, 4) is 0 Å². The largest absolute Gasteiger partial charge is 0.507 e. The van der Waals surface area contributed by atoms with Gasteiger partial charge in [-0.25, -0.2) is 12.7 Å². The number of hydrogen-bond acceptors (Lipinski definition) is 6. The van der Waals surface area contributed by atoms with Crippen molar-refractivity contribution in [3.63, 3.8) is 0 Å². The molecule has 1 heterocycles. The topological polar surface area (TPSA) is 104 Å². The first-order valence-electron chi connectivity index (χ1n) is 10.5. The van der Waals surface area contributed by atoms with Crippen LogP contribution >= 0.6 is 0 Å². The Hall–Kier alpha value is -3.01. The van der Waals surface area contributed by atoms with Crippen LogP contribution in [0.25, 0.3) is 5.76 Å².